The molecule has 0 atom stereocenters. The van der Waals surface area contributed by atoms with Gasteiger partial charge in [0.1, 0.15) is 11.6 Å². The highest BCUT2D eigenvalue weighted by Gasteiger charge is 2.05. The van der Waals surface area contributed by atoms with Crippen LogP contribution >= 0.6 is 0 Å². The van der Waals surface area contributed by atoms with Gasteiger partial charge < -0.3 is 0 Å². The first-order chi connectivity index (χ1) is 10.7. The minimum atomic E-state index is -0.266. The summed E-state index contributed by atoms with van der Waals surface area (Å²) in [5.74, 6) is -0.530. The van der Waals surface area contributed by atoms with Gasteiger partial charge in [0.15, 0.2) is 0 Å². The Kier molecular flexibility index (Phi) is 4.10. The van der Waals surface area contributed by atoms with E-state index in [0.717, 1.165) is 22.3 Å². The van der Waals surface area contributed by atoms with E-state index in [4.69, 9.17) is 0 Å². The molecule has 0 aromatic heterocycles. The fraction of sp³-hybridized carbons (Fsp3) is 0. The van der Waals surface area contributed by atoms with Crippen molar-refractivity contribution in [2.75, 3.05) is 0 Å². The Hall–Kier alpha value is -2.74. The Morgan fingerprint density at radius 1 is 0.591 bits per heavy atom. The van der Waals surface area contributed by atoms with Crippen molar-refractivity contribution >= 4 is 11.6 Å². The predicted molar refractivity (Wildman–Crippen MR) is 86.2 cm³/mol. The quantitative estimate of drug-likeness (QED) is 0.555. The lowest BCUT2D eigenvalue weighted by Gasteiger charge is -2.09. The molecule has 0 aliphatic carbocycles. The fourth-order valence-corrected chi connectivity index (χ4v) is 2.31. The summed E-state index contributed by atoms with van der Waals surface area (Å²) in [7, 11) is 0. The highest BCUT2D eigenvalue weighted by Crippen LogP contribution is 2.26. The molecule has 0 N–H and O–H groups in total. The van der Waals surface area contributed by atoms with E-state index >= 15 is 0 Å². The fourth-order valence-electron chi connectivity index (χ4n) is 2.31. The van der Waals surface area contributed by atoms with Gasteiger partial charge in [0, 0.05) is 0 Å². The molecule has 0 bridgehead atoms. The molecule has 22 heavy (non-hydrogen) atoms. The normalized spacial score (nSPS) is 11.5. The van der Waals surface area contributed by atoms with E-state index in [0.29, 0.717) is 0 Å². The first kappa shape index (κ1) is 14.2. The van der Waals surface area contributed by atoms with Gasteiger partial charge in [-0.05, 0) is 52.6 Å². The van der Waals surface area contributed by atoms with E-state index < -0.39 is 0 Å². The van der Waals surface area contributed by atoms with Gasteiger partial charge in [-0.1, -0.05) is 54.6 Å². The van der Waals surface area contributed by atoms with Crippen molar-refractivity contribution in [2.45, 2.75) is 0 Å². The van der Waals surface area contributed by atoms with Gasteiger partial charge in [-0.3, -0.25) is 0 Å². The topological polar surface area (TPSA) is 0 Å². The van der Waals surface area contributed by atoms with Crippen LogP contribution in [-0.4, -0.2) is 0 Å². The zero-order chi connectivity index (χ0) is 15.4. The molecule has 0 heterocycles. The number of halogens is 2. The molecule has 0 saturated heterocycles. The third-order valence-corrected chi connectivity index (χ3v) is 3.42. The van der Waals surface area contributed by atoms with Gasteiger partial charge in [-0.2, -0.15) is 0 Å². The molecule has 0 amide bonds. The maximum atomic E-state index is 13.2. The van der Waals surface area contributed by atoms with Crippen molar-refractivity contribution in [1.29, 1.82) is 0 Å². The molecule has 0 fully saturated rings. The predicted octanol–water partition coefficient (Wildman–Crippen LogP) is 5.55. The summed E-state index contributed by atoms with van der Waals surface area (Å²) in [6.45, 7) is 0. The molecular weight excluding hydrogens is 278 g/mol. The minimum Gasteiger partial charge on any atom is -0.207 e. The van der Waals surface area contributed by atoms with Crippen molar-refractivity contribution in [3.05, 3.63) is 107 Å². The molecule has 3 aromatic rings. The monoisotopic (exact) mass is 292 g/mol. The highest BCUT2D eigenvalue weighted by atomic mass is 19.1. The number of rotatable bonds is 3. The second-order valence-corrected chi connectivity index (χ2v) is 4.98. The van der Waals surface area contributed by atoms with Gasteiger partial charge in [0.25, 0.3) is 0 Å². The molecule has 108 valence electrons. The van der Waals surface area contributed by atoms with Crippen LogP contribution < -0.4 is 0 Å². The first-order valence-corrected chi connectivity index (χ1v) is 7.01. The van der Waals surface area contributed by atoms with Gasteiger partial charge in [-0.15, -0.1) is 0 Å². The molecule has 0 spiro atoms. The Labute approximate surface area is 128 Å². The molecule has 0 unspecified atom stereocenters. The van der Waals surface area contributed by atoms with Gasteiger partial charge in [0.2, 0.25) is 0 Å². The summed E-state index contributed by atoms with van der Waals surface area (Å²) in [6.07, 6.45) is 1.97. The van der Waals surface area contributed by atoms with Crippen LogP contribution in [-0.2, 0) is 0 Å². The van der Waals surface area contributed by atoms with E-state index in [2.05, 4.69) is 0 Å². The summed E-state index contributed by atoms with van der Waals surface area (Å²) in [5, 5.41) is 0. The van der Waals surface area contributed by atoms with Crippen molar-refractivity contribution < 1.29 is 8.78 Å². The molecular formula is C20H14F2. The average molecular weight is 292 g/mol. The summed E-state index contributed by atoms with van der Waals surface area (Å²) in [6, 6.07) is 22.5. The largest absolute Gasteiger partial charge is 0.207 e. The van der Waals surface area contributed by atoms with Crippen LogP contribution in [0.3, 0.4) is 0 Å². The first-order valence-electron chi connectivity index (χ1n) is 7.01. The van der Waals surface area contributed by atoms with Crippen molar-refractivity contribution in [3.63, 3.8) is 0 Å². The molecule has 0 aliphatic rings. The Bertz CT molecular complexity index is 770. The molecule has 3 aromatic carbocycles. The average Bonchev–Trinajstić information content (AvgIpc) is 2.56. The third-order valence-electron chi connectivity index (χ3n) is 3.42. The van der Waals surface area contributed by atoms with Gasteiger partial charge >= 0.3 is 0 Å². The highest BCUT2D eigenvalue weighted by molar-refractivity contribution is 5.91. The third kappa shape index (κ3) is 3.29. The summed E-state index contributed by atoms with van der Waals surface area (Å²) in [4.78, 5) is 0. The van der Waals surface area contributed by atoms with E-state index in [1.807, 2.05) is 36.4 Å². The summed E-state index contributed by atoms with van der Waals surface area (Å²) < 4.78 is 26.2. The van der Waals surface area contributed by atoms with E-state index in [1.165, 1.54) is 24.3 Å². The molecule has 0 nitrogen and oxygen atoms in total. The van der Waals surface area contributed by atoms with Crippen LogP contribution in [0.5, 0.6) is 0 Å². The number of hydrogen-bond donors (Lipinski definition) is 0. The number of benzene rings is 3. The zero-order valence-corrected chi connectivity index (χ0v) is 11.8. The van der Waals surface area contributed by atoms with Crippen LogP contribution in [0, 0.1) is 11.6 Å². The van der Waals surface area contributed by atoms with Crippen LogP contribution in [0.4, 0.5) is 8.78 Å². The van der Waals surface area contributed by atoms with Crippen molar-refractivity contribution in [2.24, 2.45) is 0 Å². The van der Waals surface area contributed by atoms with E-state index in [1.54, 1.807) is 24.3 Å². The number of hydrogen-bond acceptors (Lipinski definition) is 0. The summed E-state index contributed by atoms with van der Waals surface area (Å²) >= 11 is 0. The van der Waals surface area contributed by atoms with Crippen LogP contribution in [0.25, 0.3) is 11.6 Å². The van der Waals surface area contributed by atoms with Gasteiger partial charge in [-0.25, -0.2) is 8.78 Å². The van der Waals surface area contributed by atoms with E-state index in [9.17, 15) is 8.78 Å². The lowest BCUT2D eigenvalue weighted by molar-refractivity contribution is 0.627. The molecule has 0 saturated carbocycles. The van der Waals surface area contributed by atoms with E-state index in [-0.39, 0.29) is 11.6 Å². The van der Waals surface area contributed by atoms with Crippen molar-refractivity contribution in [1.82, 2.24) is 0 Å². The molecule has 0 aliphatic heterocycles. The second kappa shape index (κ2) is 6.35. The standard InChI is InChI=1S/C20H14F2/c21-18-10-6-15(7-11-18)14-20(16-4-2-1-3-5-16)17-8-12-19(22)13-9-17/h1-14H/b20-14-. The maximum absolute atomic E-state index is 13.2. The minimum absolute atomic E-state index is 0.264. The molecule has 2 heteroatoms. The van der Waals surface area contributed by atoms with Crippen LogP contribution in [0.15, 0.2) is 78.9 Å². The van der Waals surface area contributed by atoms with Gasteiger partial charge in [0.05, 0.1) is 0 Å². The Balaban J connectivity index is 2.10. The SMILES string of the molecule is Fc1ccc(/C=C(/c2ccccc2)c2ccc(F)cc2)cc1. The lowest BCUT2D eigenvalue weighted by atomic mass is 9.96. The van der Waals surface area contributed by atoms with Crippen molar-refractivity contribution in [3.8, 4) is 0 Å². The maximum Gasteiger partial charge on any atom is 0.123 e. The zero-order valence-electron chi connectivity index (χ0n) is 11.8. The molecule has 3 rings (SSSR count). The van der Waals surface area contributed by atoms with Crippen LogP contribution in [0.1, 0.15) is 16.7 Å². The van der Waals surface area contributed by atoms with Crippen LogP contribution in [0.2, 0.25) is 0 Å². The Morgan fingerprint density at radius 3 is 1.68 bits per heavy atom. The second-order valence-electron chi connectivity index (χ2n) is 4.98. The Morgan fingerprint density at radius 2 is 1.09 bits per heavy atom. The summed E-state index contributed by atoms with van der Waals surface area (Å²) in [5.41, 5.74) is 3.80. The lowest BCUT2D eigenvalue weighted by Crippen LogP contribution is -1.89. The smallest absolute Gasteiger partial charge is 0.123 e. The molecule has 0 radical (unpaired) electrons.